The summed E-state index contributed by atoms with van der Waals surface area (Å²) in [5, 5.41) is 18.6. The molecule has 19 heavy (non-hydrogen) atoms. The van der Waals surface area contributed by atoms with E-state index in [4.69, 9.17) is 4.74 Å². The lowest BCUT2D eigenvalue weighted by molar-refractivity contribution is -0.386. The first-order valence-corrected chi connectivity index (χ1v) is 6.61. The minimum atomic E-state index is -0.410. The highest BCUT2D eigenvalue weighted by Gasteiger charge is 2.30. The second-order valence-electron chi connectivity index (χ2n) is 5.12. The van der Waals surface area contributed by atoms with Gasteiger partial charge in [-0.3, -0.25) is 10.1 Å². The molecule has 1 aliphatic rings. The van der Waals surface area contributed by atoms with Crippen molar-refractivity contribution in [1.29, 1.82) is 0 Å². The van der Waals surface area contributed by atoms with Crippen molar-refractivity contribution in [2.75, 3.05) is 13.1 Å². The fourth-order valence-corrected chi connectivity index (χ4v) is 2.27. The summed E-state index contributed by atoms with van der Waals surface area (Å²) in [4.78, 5) is 10.8. The Hall–Kier alpha value is -1.63. The third-order valence-electron chi connectivity index (χ3n) is 3.21. The highest BCUT2D eigenvalue weighted by atomic mass is 16.6. The summed E-state index contributed by atoms with van der Waals surface area (Å²) in [5.41, 5.74) is 0.386. The normalized spacial score (nSPS) is 19.7. The molecule has 7 heteroatoms. The fraction of sp³-hybridized carbons (Fsp3) is 0.750. The minimum absolute atomic E-state index is 0.0146. The van der Waals surface area contributed by atoms with Crippen LogP contribution in [0.15, 0.2) is 0 Å². The monoisotopic (exact) mass is 268 g/mol. The molecule has 0 bridgehead atoms. The molecule has 1 N–H and O–H groups in total. The van der Waals surface area contributed by atoms with E-state index in [1.807, 2.05) is 13.8 Å². The topological polar surface area (TPSA) is 82.2 Å². The molecule has 2 rings (SSSR count). The molecule has 106 valence electrons. The van der Waals surface area contributed by atoms with Crippen LogP contribution in [0.25, 0.3) is 0 Å². The molecule has 7 nitrogen and oxygen atoms in total. The molecule has 0 radical (unpaired) electrons. The average Bonchev–Trinajstić information content (AvgIpc) is 2.67. The summed E-state index contributed by atoms with van der Waals surface area (Å²) in [6, 6.07) is 0.0268. The zero-order valence-corrected chi connectivity index (χ0v) is 11.5. The number of aromatic nitrogens is 2. The molecule has 0 spiro atoms. The molecular weight excluding hydrogens is 248 g/mol. The summed E-state index contributed by atoms with van der Waals surface area (Å²) >= 11 is 0. The molecule has 1 aromatic rings. The number of nitro groups is 1. The van der Waals surface area contributed by atoms with Gasteiger partial charge in [0.15, 0.2) is 0 Å². The largest absolute Gasteiger partial charge is 0.468 e. The van der Waals surface area contributed by atoms with E-state index in [1.54, 1.807) is 11.6 Å². The fourth-order valence-electron chi connectivity index (χ4n) is 2.27. The Kier molecular flexibility index (Phi) is 4.04. The van der Waals surface area contributed by atoms with Crippen molar-refractivity contribution in [3.05, 3.63) is 15.8 Å². The lowest BCUT2D eigenvalue weighted by atomic mass is 10.1. The number of hydrogen-bond acceptors (Lipinski definition) is 5. The van der Waals surface area contributed by atoms with E-state index in [0.29, 0.717) is 5.69 Å². The van der Waals surface area contributed by atoms with Gasteiger partial charge in [-0.1, -0.05) is 0 Å². The number of piperidine rings is 1. The van der Waals surface area contributed by atoms with Gasteiger partial charge in [-0.15, -0.1) is 0 Å². The van der Waals surface area contributed by atoms with Crippen molar-refractivity contribution in [3.8, 4) is 5.88 Å². The molecule has 1 fully saturated rings. The van der Waals surface area contributed by atoms with Gasteiger partial charge in [-0.05, 0) is 40.2 Å². The molecule has 1 aromatic heterocycles. The van der Waals surface area contributed by atoms with E-state index in [9.17, 15) is 10.1 Å². The van der Waals surface area contributed by atoms with Gasteiger partial charge in [0.2, 0.25) is 0 Å². The van der Waals surface area contributed by atoms with Gasteiger partial charge >= 0.3 is 5.69 Å². The maximum Gasteiger partial charge on any atom is 0.353 e. The Labute approximate surface area is 112 Å². The van der Waals surface area contributed by atoms with Gasteiger partial charge in [-0.25, -0.2) is 4.68 Å². The number of nitrogens with one attached hydrogen (secondary N) is 1. The molecule has 0 aliphatic carbocycles. The zero-order valence-electron chi connectivity index (χ0n) is 11.5. The molecule has 1 aliphatic heterocycles. The number of hydrogen-bond donors (Lipinski definition) is 1. The second-order valence-corrected chi connectivity index (χ2v) is 5.12. The first-order valence-electron chi connectivity index (χ1n) is 6.61. The Morgan fingerprint density at radius 1 is 1.58 bits per heavy atom. The minimum Gasteiger partial charge on any atom is -0.468 e. The molecule has 0 saturated carbocycles. The van der Waals surface area contributed by atoms with Gasteiger partial charge in [0.25, 0.3) is 5.88 Å². The van der Waals surface area contributed by atoms with Crippen LogP contribution in [0.3, 0.4) is 0 Å². The van der Waals surface area contributed by atoms with E-state index < -0.39 is 4.92 Å². The Bertz CT molecular complexity index is 464. The van der Waals surface area contributed by atoms with Crippen LogP contribution >= 0.6 is 0 Å². The molecular formula is C12H20N4O3. The summed E-state index contributed by atoms with van der Waals surface area (Å²) in [6.45, 7) is 7.21. The average molecular weight is 268 g/mol. The van der Waals surface area contributed by atoms with Gasteiger partial charge in [0, 0.05) is 6.54 Å². The van der Waals surface area contributed by atoms with Crippen molar-refractivity contribution in [1.82, 2.24) is 15.1 Å². The predicted molar refractivity (Wildman–Crippen MR) is 70.5 cm³/mol. The molecule has 1 atom stereocenters. The third-order valence-corrected chi connectivity index (χ3v) is 3.21. The zero-order chi connectivity index (χ0) is 14.0. The van der Waals surface area contributed by atoms with Crippen molar-refractivity contribution < 1.29 is 9.66 Å². The summed E-state index contributed by atoms with van der Waals surface area (Å²) in [6.07, 6.45) is 1.90. The molecule has 0 amide bonds. The van der Waals surface area contributed by atoms with Crippen LogP contribution in [-0.2, 0) is 0 Å². The second kappa shape index (κ2) is 5.56. The smallest absolute Gasteiger partial charge is 0.353 e. The van der Waals surface area contributed by atoms with Crippen molar-refractivity contribution >= 4 is 5.69 Å². The molecule has 1 saturated heterocycles. The molecule has 0 unspecified atom stereocenters. The number of nitrogens with zero attached hydrogens (tertiary/aromatic N) is 3. The molecule has 0 aromatic carbocycles. The van der Waals surface area contributed by atoms with E-state index in [-0.39, 0.29) is 23.7 Å². The van der Waals surface area contributed by atoms with Gasteiger partial charge in [0.1, 0.15) is 11.8 Å². The van der Waals surface area contributed by atoms with Gasteiger partial charge in [0.05, 0.1) is 11.0 Å². The lowest BCUT2D eigenvalue weighted by Crippen LogP contribution is -2.37. The van der Waals surface area contributed by atoms with Crippen LogP contribution in [0, 0.1) is 17.0 Å². The first kappa shape index (κ1) is 13.8. The third kappa shape index (κ3) is 2.86. The van der Waals surface area contributed by atoms with Crippen LogP contribution in [-0.4, -0.2) is 33.9 Å². The van der Waals surface area contributed by atoms with Crippen molar-refractivity contribution in [2.45, 2.75) is 45.8 Å². The van der Waals surface area contributed by atoms with E-state index in [0.717, 1.165) is 25.9 Å². The van der Waals surface area contributed by atoms with Crippen LogP contribution in [0.5, 0.6) is 5.88 Å². The summed E-state index contributed by atoms with van der Waals surface area (Å²) in [7, 11) is 0. The quantitative estimate of drug-likeness (QED) is 0.665. The number of ether oxygens (including phenoxy) is 1. The van der Waals surface area contributed by atoms with E-state index >= 15 is 0 Å². The van der Waals surface area contributed by atoms with Crippen molar-refractivity contribution in [3.63, 3.8) is 0 Å². The maximum absolute atomic E-state index is 11.2. The molecule has 2 heterocycles. The summed E-state index contributed by atoms with van der Waals surface area (Å²) in [5.74, 6) is 0.284. The van der Waals surface area contributed by atoms with Gasteiger partial charge < -0.3 is 10.1 Å². The van der Waals surface area contributed by atoms with Crippen LogP contribution in [0.4, 0.5) is 5.69 Å². The first-order chi connectivity index (χ1) is 9.00. The van der Waals surface area contributed by atoms with Gasteiger partial charge in [-0.2, -0.15) is 5.10 Å². The Morgan fingerprint density at radius 3 is 2.84 bits per heavy atom. The van der Waals surface area contributed by atoms with E-state index in [1.165, 1.54) is 0 Å². The van der Waals surface area contributed by atoms with Crippen molar-refractivity contribution in [2.24, 2.45) is 0 Å². The SMILES string of the molecule is Cc1nn(C(C)C)c(O[C@H]2CCCNC2)c1[N+](=O)[O-]. The number of rotatable bonds is 4. The van der Waals surface area contributed by atoms with Crippen LogP contribution in [0.1, 0.15) is 38.4 Å². The standard InChI is InChI=1S/C12H20N4O3/c1-8(2)15-12(11(16(17)18)9(3)14-15)19-10-5-4-6-13-7-10/h8,10,13H,4-7H2,1-3H3/t10-/m0/s1. The summed E-state index contributed by atoms with van der Waals surface area (Å²) < 4.78 is 7.46. The highest BCUT2D eigenvalue weighted by molar-refractivity contribution is 5.46. The Morgan fingerprint density at radius 2 is 2.32 bits per heavy atom. The highest BCUT2D eigenvalue weighted by Crippen LogP contribution is 2.34. The van der Waals surface area contributed by atoms with Crippen LogP contribution in [0.2, 0.25) is 0 Å². The Balaban J connectivity index is 2.32. The van der Waals surface area contributed by atoms with E-state index in [2.05, 4.69) is 10.4 Å². The number of aryl methyl sites for hydroxylation is 1. The lowest BCUT2D eigenvalue weighted by Gasteiger charge is -2.24. The predicted octanol–water partition coefficient (Wildman–Crippen LogP) is 1.81. The maximum atomic E-state index is 11.2. The van der Waals surface area contributed by atoms with Crippen LogP contribution < -0.4 is 10.1 Å².